The number of Topliss-reactive ketones (excluding diaryl/α,β-unsaturated/α-hetero) is 1. The Morgan fingerprint density at radius 2 is 1.78 bits per heavy atom. The highest BCUT2D eigenvalue weighted by atomic mass is 35.5. The van der Waals surface area contributed by atoms with E-state index >= 15 is 0 Å². The summed E-state index contributed by atoms with van der Waals surface area (Å²) >= 11 is 12.4. The number of benzene rings is 2. The Balaban J connectivity index is 2.13. The minimum absolute atomic E-state index is 0.00709. The second-order valence-electron chi connectivity index (χ2n) is 6.54. The van der Waals surface area contributed by atoms with Gasteiger partial charge in [0.15, 0.2) is 6.17 Å². The summed E-state index contributed by atoms with van der Waals surface area (Å²) in [7, 11) is -4.14. The summed E-state index contributed by atoms with van der Waals surface area (Å²) < 4.78 is 41.8. The van der Waals surface area contributed by atoms with E-state index in [1.807, 2.05) is 6.92 Å². The molecule has 0 saturated heterocycles. The van der Waals surface area contributed by atoms with Gasteiger partial charge in [-0.25, -0.2) is 16.8 Å². The van der Waals surface area contributed by atoms with Gasteiger partial charge in [-0.05, 0) is 49.6 Å². The van der Waals surface area contributed by atoms with E-state index in [1.165, 1.54) is 24.3 Å². The molecule has 1 aliphatic carbocycles. The van der Waals surface area contributed by atoms with E-state index < -0.39 is 22.0 Å². The van der Waals surface area contributed by atoms with Gasteiger partial charge in [-0.2, -0.15) is 0 Å². The molecule has 1 aliphatic rings. The first-order valence-electron chi connectivity index (χ1n) is 8.25. The van der Waals surface area contributed by atoms with Crippen LogP contribution in [0.4, 0.5) is 4.39 Å². The van der Waals surface area contributed by atoms with Crippen LogP contribution in [0.1, 0.15) is 28.0 Å². The van der Waals surface area contributed by atoms with Crippen molar-refractivity contribution in [3.63, 3.8) is 0 Å². The molecule has 0 radical (unpaired) electrons. The number of hydrogen-bond acceptors (Lipinski definition) is 3. The average Bonchev–Trinajstić information content (AvgIpc) is 2.98. The van der Waals surface area contributed by atoms with Crippen LogP contribution in [0.3, 0.4) is 0 Å². The SMILES string of the molecule is Cc1ccc(S(=O)(=O)n2c3c(c4c(Cl)c(Cl)ccc42)CCC(F)C3=O)cc1. The maximum absolute atomic E-state index is 14.2. The third kappa shape index (κ3) is 2.70. The highest BCUT2D eigenvalue weighted by molar-refractivity contribution is 7.90. The molecular weight excluding hydrogens is 412 g/mol. The van der Waals surface area contributed by atoms with Crippen LogP contribution in [0.15, 0.2) is 41.3 Å². The molecule has 1 heterocycles. The molecule has 1 atom stereocenters. The van der Waals surface area contributed by atoms with Gasteiger partial charge in [0.05, 0.1) is 20.5 Å². The lowest BCUT2D eigenvalue weighted by atomic mass is 9.93. The summed E-state index contributed by atoms with van der Waals surface area (Å²) in [5, 5.41) is 0.787. The lowest BCUT2D eigenvalue weighted by molar-refractivity contribution is 0.0850. The van der Waals surface area contributed by atoms with E-state index in [4.69, 9.17) is 23.2 Å². The van der Waals surface area contributed by atoms with Crippen molar-refractivity contribution in [2.45, 2.75) is 30.8 Å². The van der Waals surface area contributed by atoms with Gasteiger partial charge in [0.1, 0.15) is 5.69 Å². The van der Waals surface area contributed by atoms with E-state index in [-0.39, 0.29) is 39.0 Å². The highest BCUT2D eigenvalue weighted by Gasteiger charge is 2.37. The second kappa shape index (κ2) is 6.33. The lowest BCUT2D eigenvalue weighted by Gasteiger charge is -2.18. The Labute approximate surface area is 165 Å². The number of nitrogens with zero attached hydrogens (tertiary/aromatic N) is 1. The van der Waals surface area contributed by atoms with Gasteiger partial charge in [-0.1, -0.05) is 40.9 Å². The molecule has 0 saturated carbocycles. The first kappa shape index (κ1) is 18.5. The largest absolute Gasteiger partial charge is 0.289 e. The maximum atomic E-state index is 14.2. The molecule has 4 nitrogen and oxygen atoms in total. The van der Waals surface area contributed by atoms with Gasteiger partial charge in [0.25, 0.3) is 10.0 Å². The fraction of sp³-hybridized carbons (Fsp3) is 0.211. The van der Waals surface area contributed by atoms with Crippen LogP contribution in [0.25, 0.3) is 10.9 Å². The number of fused-ring (bicyclic) bond motifs is 3. The number of alkyl halides is 1. The zero-order valence-electron chi connectivity index (χ0n) is 14.2. The van der Waals surface area contributed by atoms with Gasteiger partial charge in [0.2, 0.25) is 5.78 Å². The molecule has 1 unspecified atom stereocenters. The van der Waals surface area contributed by atoms with Crippen molar-refractivity contribution in [3.8, 4) is 0 Å². The van der Waals surface area contributed by atoms with Crippen LogP contribution in [-0.4, -0.2) is 24.3 Å². The fourth-order valence-electron chi connectivity index (χ4n) is 3.47. The van der Waals surface area contributed by atoms with E-state index in [1.54, 1.807) is 12.1 Å². The van der Waals surface area contributed by atoms with Crippen molar-refractivity contribution in [2.75, 3.05) is 0 Å². The Morgan fingerprint density at radius 1 is 1.11 bits per heavy atom. The smallest absolute Gasteiger partial charge is 0.268 e. The molecule has 0 bridgehead atoms. The zero-order chi connectivity index (χ0) is 19.5. The first-order valence-corrected chi connectivity index (χ1v) is 10.4. The summed E-state index contributed by atoms with van der Waals surface area (Å²) in [5.41, 5.74) is 1.36. The number of ketones is 1. The predicted molar refractivity (Wildman–Crippen MR) is 103 cm³/mol. The Kier molecular flexibility index (Phi) is 4.33. The van der Waals surface area contributed by atoms with Gasteiger partial charge < -0.3 is 0 Å². The predicted octanol–water partition coefficient (Wildman–Crippen LogP) is 4.96. The number of hydrogen-bond donors (Lipinski definition) is 0. The molecule has 140 valence electrons. The Bertz CT molecular complexity index is 1200. The average molecular weight is 426 g/mol. The number of aromatic nitrogens is 1. The Hall–Kier alpha value is -1.89. The molecule has 1 aromatic heterocycles. The minimum Gasteiger partial charge on any atom is -0.289 e. The molecule has 0 spiro atoms. The summed E-state index contributed by atoms with van der Waals surface area (Å²) in [4.78, 5) is 12.6. The fourth-order valence-corrected chi connectivity index (χ4v) is 5.44. The first-order chi connectivity index (χ1) is 12.7. The monoisotopic (exact) mass is 425 g/mol. The number of halogens is 3. The molecule has 0 N–H and O–H groups in total. The molecule has 2 aromatic carbocycles. The topological polar surface area (TPSA) is 56.1 Å². The third-order valence-electron chi connectivity index (χ3n) is 4.81. The van der Waals surface area contributed by atoms with Gasteiger partial charge >= 0.3 is 0 Å². The number of rotatable bonds is 2. The second-order valence-corrected chi connectivity index (χ2v) is 9.11. The Morgan fingerprint density at radius 3 is 2.44 bits per heavy atom. The zero-order valence-corrected chi connectivity index (χ0v) is 16.5. The van der Waals surface area contributed by atoms with Crippen molar-refractivity contribution in [2.24, 2.45) is 0 Å². The quantitative estimate of drug-likeness (QED) is 0.582. The summed E-state index contributed by atoms with van der Waals surface area (Å²) in [6.07, 6.45) is -1.56. The molecule has 8 heteroatoms. The van der Waals surface area contributed by atoms with E-state index in [9.17, 15) is 17.6 Å². The molecular formula is C19H14Cl2FNO3S. The molecule has 0 amide bonds. The van der Waals surface area contributed by atoms with Crippen LogP contribution in [-0.2, 0) is 16.4 Å². The van der Waals surface area contributed by atoms with Crippen LogP contribution in [0.2, 0.25) is 10.0 Å². The number of aryl methyl sites for hydroxylation is 2. The van der Waals surface area contributed by atoms with Crippen molar-refractivity contribution in [1.29, 1.82) is 0 Å². The summed E-state index contributed by atoms with van der Waals surface area (Å²) in [5.74, 6) is -0.852. The molecule has 4 rings (SSSR count). The van der Waals surface area contributed by atoms with Gasteiger partial charge in [-0.3, -0.25) is 4.79 Å². The normalized spacial score (nSPS) is 17.3. The van der Waals surface area contributed by atoms with Crippen LogP contribution >= 0.6 is 23.2 Å². The third-order valence-corrected chi connectivity index (χ3v) is 7.34. The van der Waals surface area contributed by atoms with E-state index in [0.717, 1.165) is 9.54 Å². The lowest BCUT2D eigenvalue weighted by Crippen LogP contribution is -2.28. The van der Waals surface area contributed by atoms with Crippen LogP contribution in [0, 0.1) is 6.92 Å². The molecule has 0 fully saturated rings. The van der Waals surface area contributed by atoms with Gasteiger partial charge in [0, 0.05) is 5.39 Å². The summed E-state index contributed by atoms with van der Waals surface area (Å²) in [6.45, 7) is 1.84. The molecule has 3 aromatic rings. The highest BCUT2D eigenvalue weighted by Crippen LogP contribution is 2.41. The van der Waals surface area contributed by atoms with Crippen molar-refractivity contribution in [1.82, 2.24) is 3.97 Å². The standard InChI is InChI=1S/C19H14Cl2FNO3S/c1-10-2-4-11(5-3-10)27(25,26)23-15-9-7-13(20)17(21)16(15)12-6-8-14(22)19(24)18(12)23/h2-5,7,9,14H,6,8H2,1H3. The molecule has 0 aliphatic heterocycles. The van der Waals surface area contributed by atoms with Crippen molar-refractivity contribution < 1.29 is 17.6 Å². The minimum atomic E-state index is -4.14. The van der Waals surface area contributed by atoms with Gasteiger partial charge in [-0.15, -0.1) is 0 Å². The molecule has 27 heavy (non-hydrogen) atoms. The van der Waals surface area contributed by atoms with E-state index in [0.29, 0.717) is 10.9 Å². The van der Waals surface area contributed by atoms with Crippen molar-refractivity contribution >= 4 is 49.9 Å². The summed E-state index contributed by atoms with van der Waals surface area (Å²) in [6, 6.07) is 9.20. The van der Waals surface area contributed by atoms with E-state index in [2.05, 4.69) is 0 Å². The van der Waals surface area contributed by atoms with Crippen LogP contribution in [0.5, 0.6) is 0 Å². The maximum Gasteiger partial charge on any atom is 0.268 e. The number of carbonyl (C=O) groups is 1. The van der Waals surface area contributed by atoms with Crippen LogP contribution < -0.4 is 0 Å². The van der Waals surface area contributed by atoms with Crippen molar-refractivity contribution in [3.05, 3.63) is 63.3 Å². The number of carbonyl (C=O) groups excluding carboxylic acids is 1.